The molecule has 2 heterocycles. The van der Waals surface area contributed by atoms with Crippen molar-refractivity contribution in [1.82, 2.24) is 20.9 Å². The first kappa shape index (κ1) is 11.3. The van der Waals surface area contributed by atoms with Crippen LogP contribution in [0.5, 0.6) is 0 Å². The lowest BCUT2D eigenvalue weighted by molar-refractivity contribution is -0.121. The lowest BCUT2D eigenvalue weighted by Crippen LogP contribution is -2.69. The minimum Gasteiger partial charge on any atom is -0.365 e. The van der Waals surface area contributed by atoms with Crippen molar-refractivity contribution in [2.24, 2.45) is 5.73 Å². The lowest BCUT2D eigenvalue weighted by Gasteiger charge is -2.42. The number of amides is 1. The maximum atomic E-state index is 11.8. The Morgan fingerprint density at radius 1 is 1.62 bits per heavy atom. The fourth-order valence-corrected chi connectivity index (χ4v) is 2.16. The van der Waals surface area contributed by atoms with Crippen molar-refractivity contribution in [2.75, 3.05) is 13.6 Å². The van der Waals surface area contributed by atoms with Crippen LogP contribution in [0, 0.1) is 0 Å². The van der Waals surface area contributed by atoms with Crippen LogP contribution in [0.15, 0.2) is 11.5 Å². The molecule has 1 amide bonds. The number of halogens is 1. The molecular formula is C9H16ClN5O. The summed E-state index contributed by atoms with van der Waals surface area (Å²) in [6.45, 7) is 2.86. The van der Waals surface area contributed by atoms with Crippen LogP contribution in [0.4, 0.5) is 0 Å². The molecule has 6 nitrogen and oxygen atoms in total. The van der Waals surface area contributed by atoms with Gasteiger partial charge in [0.2, 0.25) is 5.25 Å². The highest BCUT2D eigenvalue weighted by molar-refractivity contribution is 6.24. The van der Waals surface area contributed by atoms with Gasteiger partial charge in [0.05, 0.1) is 0 Å². The summed E-state index contributed by atoms with van der Waals surface area (Å²) >= 11 is 5.87. The quantitative estimate of drug-likeness (QED) is 0.352. The van der Waals surface area contributed by atoms with Crippen molar-refractivity contribution >= 4 is 17.5 Å². The molecule has 0 radical (unpaired) electrons. The molecule has 7 heteroatoms. The topological polar surface area (TPSA) is 82.4 Å². The molecule has 2 atom stereocenters. The first-order valence-corrected chi connectivity index (χ1v) is 5.61. The molecule has 0 spiro atoms. The molecule has 2 aliphatic heterocycles. The molecule has 1 unspecified atom stereocenters. The van der Waals surface area contributed by atoms with E-state index in [1.165, 1.54) is 0 Å². The van der Waals surface area contributed by atoms with Gasteiger partial charge in [-0.2, -0.15) is 0 Å². The monoisotopic (exact) mass is 245 g/mol. The molecule has 0 aromatic carbocycles. The second kappa shape index (κ2) is 3.71. The summed E-state index contributed by atoms with van der Waals surface area (Å²) in [5.41, 5.74) is 6.18. The second-order valence-electron chi connectivity index (χ2n) is 4.14. The number of alkyl halides is 1. The van der Waals surface area contributed by atoms with Crippen molar-refractivity contribution < 1.29 is 4.79 Å². The fraction of sp³-hybridized carbons (Fsp3) is 0.667. The maximum Gasteiger partial charge on any atom is 0.275 e. The molecule has 5 N–H and O–H groups in total. The average Bonchev–Trinajstić information content (AvgIpc) is 2.13. The summed E-state index contributed by atoms with van der Waals surface area (Å²) in [7, 11) is 1.87. The van der Waals surface area contributed by atoms with Crippen molar-refractivity contribution in [1.29, 1.82) is 0 Å². The Kier molecular flexibility index (Phi) is 2.63. The van der Waals surface area contributed by atoms with Crippen LogP contribution in [0.2, 0.25) is 0 Å². The van der Waals surface area contributed by atoms with Crippen molar-refractivity contribution in [3.63, 3.8) is 0 Å². The Hall–Kier alpha value is -1.14. The van der Waals surface area contributed by atoms with Crippen LogP contribution in [0.1, 0.15) is 13.3 Å². The van der Waals surface area contributed by atoms with Gasteiger partial charge in [-0.3, -0.25) is 10.5 Å². The molecule has 0 saturated carbocycles. The molecule has 0 saturated heterocycles. The average molecular weight is 246 g/mol. The number of nitrogens with one attached hydrogen (secondary N) is 3. The molecule has 0 aromatic heterocycles. The van der Waals surface area contributed by atoms with E-state index in [4.69, 9.17) is 17.3 Å². The highest BCUT2D eigenvalue weighted by Crippen LogP contribution is 2.20. The molecule has 0 aliphatic carbocycles. The lowest BCUT2D eigenvalue weighted by atomic mass is 10.1. The number of hydrogen-bond donors (Lipinski definition) is 4. The number of carbonyl (C=O) groups is 1. The first-order chi connectivity index (χ1) is 7.43. The van der Waals surface area contributed by atoms with E-state index in [1.807, 2.05) is 11.9 Å². The smallest absolute Gasteiger partial charge is 0.275 e. The number of nitrogens with zero attached hydrogens (tertiary/aromatic N) is 1. The van der Waals surface area contributed by atoms with Crippen molar-refractivity contribution in [3.05, 3.63) is 11.5 Å². The summed E-state index contributed by atoms with van der Waals surface area (Å²) in [5.74, 6) is 0.331. The molecular weight excluding hydrogens is 230 g/mol. The highest BCUT2D eigenvalue weighted by atomic mass is 35.5. The molecule has 0 bridgehead atoms. The first-order valence-electron chi connectivity index (χ1n) is 5.23. The normalized spacial score (nSPS) is 33.9. The van der Waals surface area contributed by atoms with Gasteiger partial charge in [0.1, 0.15) is 11.5 Å². The van der Waals surface area contributed by atoms with E-state index in [2.05, 4.69) is 22.9 Å². The zero-order valence-electron chi connectivity index (χ0n) is 9.30. The minimum absolute atomic E-state index is 0.268. The summed E-state index contributed by atoms with van der Waals surface area (Å²) < 4.78 is 0. The van der Waals surface area contributed by atoms with Crippen LogP contribution in [-0.4, -0.2) is 35.7 Å². The van der Waals surface area contributed by atoms with Crippen LogP contribution in [-0.2, 0) is 4.79 Å². The SMILES string of the molecule is CCC1CN(C)C2=C(N1)N[C@@](N)(Cl)NC2=O. The second-order valence-corrected chi connectivity index (χ2v) is 4.74. The van der Waals surface area contributed by atoms with Gasteiger partial charge in [0.25, 0.3) is 5.91 Å². The van der Waals surface area contributed by atoms with Crippen molar-refractivity contribution in [3.8, 4) is 0 Å². The van der Waals surface area contributed by atoms with Gasteiger partial charge in [-0.15, -0.1) is 0 Å². The third-order valence-electron chi connectivity index (χ3n) is 2.77. The standard InChI is InChI=1S/C9H16ClN5O/c1-3-5-4-15(2)6-7(12-5)13-9(10,11)14-8(6)16/h5,12-13H,3-4,11H2,1-2H3,(H,14,16)/t5?,9-/m0/s1. The zero-order valence-corrected chi connectivity index (χ0v) is 10.1. The van der Waals surface area contributed by atoms with Gasteiger partial charge < -0.3 is 20.9 Å². The molecule has 90 valence electrons. The minimum atomic E-state index is -1.42. The Morgan fingerprint density at radius 2 is 2.31 bits per heavy atom. The van der Waals surface area contributed by atoms with E-state index in [0.717, 1.165) is 13.0 Å². The zero-order chi connectivity index (χ0) is 11.9. The van der Waals surface area contributed by atoms with Gasteiger partial charge in [0, 0.05) is 19.6 Å². The van der Waals surface area contributed by atoms with Crippen molar-refractivity contribution in [2.45, 2.75) is 24.6 Å². The molecule has 2 aliphatic rings. The van der Waals surface area contributed by atoms with E-state index in [9.17, 15) is 4.79 Å². The molecule has 0 aromatic rings. The van der Waals surface area contributed by atoms with E-state index < -0.39 is 5.25 Å². The number of carbonyl (C=O) groups excluding carboxylic acids is 1. The summed E-state index contributed by atoms with van der Waals surface area (Å²) in [5, 5.41) is 7.14. The Balaban J connectivity index is 2.32. The van der Waals surface area contributed by atoms with Gasteiger partial charge in [-0.05, 0) is 6.42 Å². The third-order valence-corrected chi connectivity index (χ3v) is 2.96. The van der Waals surface area contributed by atoms with Crippen LogP contribution in [0.25, 0.3) is 0 Å². The van der Waals surface area contributed by atoms with Crippen LogP contribution >= 0.6 is 11.6 Å². The molecule has 2 rings (SSSR count). The van der Waals surface area contributed by atoms with Gasteiger partial charge in [0.15, 0.2) is 0 Å². The van der Waals surface area contributed by atoms with E-state index >= 15 is 0 Å². The highest BCUT2D eigenvalue weighted by Gasteiger charge is 2.38. The van der Waals surface area contributed by atoms with E-state index in [0.29, 0.717) is 11.5 Å². The molecule has 16 heavy (non-hydrogen) atoms. The van der Waals surface area contributed by atoms with Gasteiger partial charge in [-0.1, -0.05) is 18.5 Å². The number of nitrogens with two attached hydrogens (primary N) is 1. The largest absolute Gasteiger partial charge is 0.365 e. The summed E-state index contributed by atoms with van der Waals surface area (Å²) in [4.78, 5) is 13.7. The number of rotatable bonds is 1. The number of hydrogen-bond acceptors (Lipinski definition) is 5. The Bertz CT molecular complexity index is 354. The van der Waals surface area contributed by atoms with E-state index in [-0.39, 0.29) is 11.9 Å². The predicted molar refractivity (Wildman–Crippen MR) is 60.9 cm³/mol. The van der Waals surface area contributed by atoms with Gasteiger partial charge in [-0.25, -0.2) is 0 Å². The van der Waals surface area contributed by atoms with E-state index in [1.54, 1.807) is 0 Å². The fourth-order valence-electron chi connectivity index (χ4n) is 1.98. The maximum absolute atomic E-state index is 11.8. The summed E-state index contributed by atoms with van der Waals surface area (Å²) in [6.07, 6.45) is 0.963. The van der Waals surface area contributed by atoms with Gasteiger partial charge >= 0.3 is 0 Å². The number of likely N-dealkylation sites (N-methyl/N-ethyl adjacent to an activating group) is 1. The van der Waals surface area contributed by atoms with Crippen LogP contribution < -0.4 is 21.7 Å². The Labute approximate surface area is 99.2 Å². The third kappa shape index (κ3) is 1.90. The summed E-state index contributed by atoms with van der Waals surface area (Å²) in [6, 6.07) is 0.287. The predicted octanol–water partition coefficient (Wildman–Crippen LogP) is -1.00. The molecule has 0 fully saturated rings. The Morgan fingerprint density at radius 3 is 2.94 bits per heavy atom. The van der Waals surface area contributed by atoms with Crippen LogP contribution in [0.3, 0.4) is 0 Å².